The van der Waals surface area contributed by atoms with E-state index >= 15 is 0 Å². The first kappa shape index (κ1) is 33.4. The number of benzene rings is 2. The Hall–Kier alpha value is -4.15. The molecule has 10 heteroatoms. The molecule has 3 rings (SSSR count). The average molecular weight is 594 g/mol. The van der Waals surface area contributed by atoms with Crippen molar-refractivity contribution in [2.45, 2.75) is 70.6 Å². The summed E-state index contributed by atoms with van der Waals surface area (Å²) in [7, 11) is 1.17. The Morgan fingerprint density at radius 3 is 2.40 bits per heavy atom. The molecule has 3 atom stereocenters. The summed E-state index contributed by atoms with van der Waals surface area (Å²) in [6.45, 7) is 2.97. The molecule has 2 amide bonds. The predicted molar refractivity (Wildman–Crippen MR) is 158 cm³/mol. The van der Waals surface area contributed by atoms with Gasteiger partial charge in [-0.05, 0) is 43.4 Å². The fourth-order valence-electron chi connectivity index (χ4n) is 4.95. The third-order valence-electron chi connectivity index (χ3n) is 7.09. The number of hydrogen-bond donors (Lipinski definition) is 1. The third kappa shape index (κ3) is 9.42. The number of aliphatic hydroxyl groups excluding tert-OH is 1. The number of unbranched alkanes of at least 4 members (excludes halogenated alkanes) is 3. The van der Waals surface area contributed by atoms with Gasteiger partial charge in [-0.15, -0.1) is 0 Å². The van der Waals surface area contributed by atoms with E-state index in [0.717, 1.165) is 41.9 Å². The molecule has 0 bridgehead atoms. The van der Waals surface area contributed by atoms with Gasteiger partial charge in [0.1, 0.15) is 6.61 Å². The van der Waals surface area contributed by atoms with E-state index in [0.29, 0.717) is 24.8 Å². The Kier molecular flexibility index (Phi) is 12.8. The first-order valence-electron chi connectivity index (χ1n) is 14.4. The molecule has 43 heavy (non-hydrogen) atoms. The standard InChI is InChI=1S/C33H39NO9/c1-22-12-11-15-25(18-22)27(28(37)16-9-4-5-10-17-35)20-29(38)30(43-23(2)36)31(41-3)32(39)34-26(21-42-33(34)40)19-24-13-7-6-8-14-24/h6-8,11-15,18,20,26,30-31,35H,4-5,9-10,16-17,19,21H2,1-3H3. The maximum Gasteiger partial charge on any atom is 0.417 e. The number of ether oxygens (including phenoxy) is 3. The molecular formula is C33H39NO9. The van der Waals surface area contributed by atoms with Gasteiger partial charge in [-0.25, -0.2) is 9.69 Å². The number of carbonyl (C=O) groups is 5. The molecule has 3 unspecified atom stereocenters. The van der Waals surface area contributed by atoms with Gasteiger partial charge >= 0.3 is 12.1 Å². The van der Waals surface area contributed by atoms with Gasteiger partial charge < -0.3 is 19.3 Å². The minimum Gasteiger partial charge on any atom is -0.451 e. The Morgan fingerprint density at radius 2 is 1.74 bits per heavy atom. The van der Waals surface area contributed by atoms with Crippen LogP contribution >= 0.6 is 0 Å². The lowest BCUT2D eigenvalue weighted by Crippen LogP contribution is -2.53. The lowest BCUT2D eigenvalue weighted by molar-refractivity contribution is -0.166. The molecule has 1 heterocycles. The maximum atomic E-state index is 13.7. The van der Waals surface area contributed by atoms with Crippen LogP contribution < -0.4 is 0 Å². The summed E-state index contributed by atoms with van der Waals surface area (Å²) in [6, 6.07) is 15.6. The second-order valence-corrected chi connectivity index (χ2v) is 10.5. The van der Waals surface area contributed by atoms with Crippen molar-refractivity contribution in [3.63, 3.8) is 0 Å². The number of amides is 2. The molecule has 230 valence electrons. The number of nitrogens with zero attached hydrogens (tertiary/aromatic N) is 1. The van der Waals surface area contributed by atoms with Crippen LogP contribution in [0, 0.1) is 6.92 Å². The van der Waals surface area contributed by atoms with Crippen molar-refractivity contribution in [1.82, 2.24) is 4.90 Å². The molecule has 0 radical (unpaired) electrons. The minimum absolute atomic E-state index is 0.0493. The number of imide groups is 1. The van der Waals surface area contributed by atoms with Gasteiger partial charge in [-0.1, -0.05) is 73.0 Å². The summed E-state index contributed by atoms with van der Waals surface area (Å²) in [5.41, 5.74) is 2.34. The minimum atomic E-state index is -1.77. The molecule has 1 saturated heterocycles. The lowest BCUT2D eigenvalue weighted by Gasteiger charge is -2.28. The van der Waals surface area contributed by atoms with Crippen LogP contribution in [0.1, 0.15) is 55.7 Å². The van der Waals surface area contributed by atoms with Crippen LogP contribution in [-0.2, 0) is 39.8 Å². The van der Waals surface area contributed by atoms with E-state index < -0.39 is 42.0 Å². The van der Waals surface area contributed by atoms with Crippen molar-refractivity contribution in [2.24, 2.45) is 0 Å². The van der Waals surface area contributed by atoms with E-state index in [1.54, 1.807) is 18.2 Å². The largest absolute Gasteiger partial charge is 0.451 e. The topological polar surface area (TPSA) is 137 Å². The van der Waals surface area contributed by atoms with E-state index in [1.165, 1.54) is 7.11 Å². The Bertz CT molecular complexity index is 1320. The Labute approximate surface area is 251 Å². The van der Waals surface area contributed by atoms with Crippen LogP contribution in [-0.4, -0.2) is 78.1 Å². The normalized spacial score (nSPS) is 16.4. The molecule has 1 aliphatic rings. The highest BCUT2D eigenvalue weighted by atomic mass is 16.6. The van der Waals surface area contributed by atoms with E-state index in [-0.39, 0.29) is 31.0 Å². The number of aliphatic hydroxyl groups is 1. The number of hydrogen-bond acceptors (Lipinski definition) is 9. The van der Waals surface area contributed by atoms with Crippen LogP contribution in [0.15, 0.2) is 60.7 Å². The van der Waals surface area contributed by atoms with Gasteiger partial charge in [0, 0.05) is 32.6 Å². The second-order valence-electron chi connectivity index (χ2n) is 10.5. The summed E-state index contributed by atoms with van der Waals surface area (Å²) in [6.07, 6.45) is -0.0906. The fourth-order valence-corrected chi connectivity index (χ4v) is 4.95. The van der Waals surface area contributed by atoms with Gasteiger partial charge in [0.05, 0.1) is 6.04 Å². The highest BCUT2D eigenvalue weighted by Gasteiger charge is 2.46. The van der Waals surface area contributed by atoms with Crippen molar-refractivity contribution in [1.29, 1.82) is 0 Å². The zero-order chi connectivity index (χ0) is 31.4. The second kappa shape index (κ2) is 16.5. The van der Waals surface area contributed by atoms with Gasteiger partial charge in [0.25, 0.3) is 5.91 Å². The molecule has 10 nitrogen and oxygen atoms in total. The zero-order valence-corrected chi connectivity index (χ0v) is 24.8. The van der Waals surface area contributed by atoms with Crippen LogP contribution in [0.3, 0.4) is 0 Å². The first-order chi connectivity index (χ1) is 20.7. The number of esters is 1. The predicted octanol–water partition coefficient (Wildman–Crippen LogP) is 4.00. The van der Waals surface area contributed by atoms with Gasteiger partial charge in [-0.3, -0.25) is 19.2 Å². The number of Topliss-reactive ketones (excluding diaryl/α,β-unsaturated/α-hetero) is 1. The number of rotatable bonds is 16. The van der Waals surface area contributed by atoms with Gasteiger partial charge in [0.15, 0.2) is 23.8 Å². The van der Waals surface area contributed by atoms with E-state index in [1.807, 2.05) is 43.3 Å². The lowest BCUT2D eigenvalue weighted by atomic mass is 9.94. The summed E-state index contributed by atoms with van der Waals surface area (Å²) in [4.78, 5) is 66.5. The maximum absolute atomic E-state index is 13.7. The van der Waals surface area contributed by atoms with Crippen LogP contribution in [0.2, 0.25) is 0 Å². The number of aryl methyl sites for hydroxylation is 1. The monoisotopic (exact) mass is 593 g/mol. The van der Waals surface area contributed by atoms with Gasteiger partial charge in [-0.2, -0.15) is 0 Å². The van der Waals surface area contributed by atoms with Crippen molar-refractivity contribution in [2.75, 3.05) is 20.3 Å². The molecule has 1 aliphatic heterocycles. The summed E-state index contributed by atoms with van der Waals surface area (Å²) in [5.74, 6) is -2.88. The highest BCUT2D eigenvalue weighted by molar-refractivity contribution is 6.25. The molecular weight excluding hydrogens is 554 g/mol. The van der Waals surface area contributed by atoms with E-state index in [9.17, 15) is 24.0 Å². The molecule has 0 aromatic heterocycles. The highest BCUT2D eigenvalue weighted by Crippen LogP contribution is 2.24. The Balaban J connectivity index is 1.92. The average Bonchev–Trinajstić information content (AvgIpc) is 3.34. The van der Waals surface area contributed by atoms with Gasteiger partial charge in [0.2, 0.25) is 0 Å². The van der Waals surface area contributed by atoms with E-state index in [4.69, 9.17) is 19.3 Å². The first-order valence-corrected chi connectivity index (χ1v) is 14.4. The van der Waals surface area contributed by atoms with Crippen LogP contribution in [0.5, 0.6) is 0 Å². The molecule has 1 fully saturated rings. The molecule has 0 spiro atoms. The van der Waals surface area contributed by atoms with Crippen LogP contribution in [0.25, 0.3) is 5.57 Å². The smallest absolute Gasteiger partial charge is 0.417 e. The quantitative estimate of drug-likeness (QED) is 0.174. The van der Waals surface area contributed by atoms with E-state index in [2.05, 4.69) is 0 Å². The van der Waals surface area contributed by atoms with Crippen molar-refractivity contribution in [3.05, 3.63) is 77.4 Å². The molecule has 0 saturated carbocycles. The van der Waals surface area contributed by atoms with Crippen molar-refractivity contribution >= 4 is 35.1 Å². The number of allylic oxidation sites excluding steroid dienone is 1. The number of carbonyl (C=O) groups excluding carboxylic acids is 5. The number of methoxy groups -OCH3 is 1. The number of cyclic esters (lactones) is 1. The molecule has 1 N–H and O–H groups in total. The Morgan fingerprint density at radius 1 is 1.02 bits per heavy atom. The van der Waals surface area contributed by atoms with Crippen molar-refractivity contribution < 1.29 is 43.3 Å². The fraction of sp³-hybridized carbons (Fsp3) is 0.424. The SMILES string of the molecule is COC(C(=O)N1C(=O)OCC1Cc1ccccc1)C(OC(C)=O)C(=O)C=C(C(=O)CCCCCCO)c1cccc(C)c1. The summed E-state index contributed by atoms with van der Waals surface area (Å²) < 4.78 is 15.9. The summed E-state index contributed by atoms with van der Waals surface area (Å²) >= 11 is 0. The zero-order valence-electron chi connectivity index (χ0n) is 24.8. The summed E-state index contributed by atoms with van der Waals surface area (Å²) in [5, 5.41) is 9.01. The van der Waals surface area contributed by atoms with Crippen LogP contribution in [0.4, 0.5) is 4.79 Å². The molecule has 0 aliphatic carbocycles. The molecule has 2 aromatic carbocycles. The van der Waals surface area contributed by atoms with Crippen molar-refractivity contribution in [3.8, 4) is 0 Å². The number of ketones is 2. The third-order valence-corrected chi connectivity index (χ3v) is 7.09. The molecule has 2 aromatic rings.